The molecule has 1 aromatic carbocycles. The zero-order chi connectivity index (χ0) is 10.7. The second-order valence-corrected chi connectivity index (χ2v) is 2.93. The van der Waals surface area contributed by atoms with Gasteiger partial charge in [-0.3, -0.25) is 4.79 Å². The summed E-state index contributed by atoms with van der Waals surface area (Å²) in [5, 5.41) is 17.7. The molecule has 0 aromatic heterocycles. The number of benzene rings is 1. The van der Waals surface area contributed by atoms with Crippen LogP contribution in [0.1, 0.15) is 17.2 Å². The van der Waals surface area contributed by atoms with E-state index in [0.29, 0.717) is 16.8 Å². The SMILES string of the molecule is Nc1ccc([C@H](N)C(=O)O)c(CO)c1. The number of nitrogens with two attached hydrogens (primary N) is 2. The van der Waals surface area contributed by atoms with Crippen molar-refractivity contribution in [2.24, 2.45) is 5.73 Å². The van der Waals surface area contributed by atoms with E-state index < -0.39 is 12.0 Å². The Morgan fingerprint density at radius 2 is 2.14 bits per heavy atom. The lowest BCUT2D eigenvalue weighted by Gasteiger charge is -2.11. The van der Waals surface area contributed by atoms with Crippen LogP contribution in [0, 0.1) is 0 Å². The second kappa shape index (κ2) is 4.08. The minimum Gasteiger partial charge on any atom is -0.480 e. The monoisotopic (exact) mass is 196 g/mol. The molecule has 0 aliphatic carbocycles. The van der Waals surface area contributed by atoms with Gasteiger partial charge in [-0.05, 0) is 23.3 Å². The molecular formula is C9H12N2O3. The maximum Gasteiger partial charge on any atom is 0.325 e. The van der Waals surface area contributed by atoms with Gasteiger partial charge in [0.2, 0.25) is 0 Å². The molecule has 76 valence electrons. The van der Waals surface area contributed by atoms with Gasteiger partial charge in [0, 0.05) is 5.69 Å². The predicted octanol–water partition coefficient (Wildman–Crippen LogP) is -0.154. The van der Waals surface area contributed by atoms with Gasteiger partial charge in [-0.15, -0.1) is 0 Å². The third-order valence-corrected chi connectivity index (χ3v) is 1.94. The van der Waals surface area contributed by atoms with Crippen LogP contribution in [0.5, 0.6) is 0 Å². The number of nitrogen functional groups attached to an aromatic ring is 1. The molecule has 0 aliphatic rings. The Morgan fingerprint density at radius 3 is 2.64 bits per heavy atom. The van der Waals surface area contributed by atoms with Gasteiger partial charge >= 0.3 is 5.97 Å². The van der Waals surface area contributed by atoms with E-state index >= 15 is 0 Å². The van der Waals surface area contributed by atoms with Crippen molar-refractivity contribution in [1.29, 1.82) is 0 Å². The number of hydrogen-bond acceptors (Lipinski definition) is 4. The smallest absolute Gasteiger partial charge is 0.325 e. The summed E-state index contributed by atoms with van der Waals surface area (Å²) in [6.07, 6.45) is 0. The number of carbonyl (C=O) groups is 1. The van der Waals surface area contributed by atoms with Crippen LogP contribution in [0.25, 0.3) is 0 Å². The van der Waals surface area contributed by atoms with Crippen LogP contribution >= 0.6 is 0 Å². The largest absolute Gasteiger partial charge is 0.480 e. The normalized spacial score (nSPS) is 12.4. The first kappa shape index (κ1) is 10.5. The molecule has 0 radical (unpaired) electrons. The third kappa shape index (κ3) is 2.01. The molecular weight excluding hydrogens is 184 g/mol. The van der Waals surface area contributed by atoms with E-state index in [1.54, 1.807) is 6.07 Å². The quantitative estimate of drug-likeness (QED) is 0.502. The predicted molar refractivity (Wildman–Crippen MR) is 51.3 cm³/mol. The van der Waals surface area contributed by atoms with Crippen LogP contribution < -0.4 is 11.5 Å². The van der Waals surface area contributed by atoms with Crippen LogP contribution in [0.3, 0.4) is 0 Å². The highest BCUT2D eigenvalue weighted by atomic mass is 16.4. The zero-order valence-corrected chi connectivity index (χ0v) is 7.47. The fourth-order valence-electron chi connectivity index (χ4n) is 1.20. The summed E-state index contributed by atoms with van der Waals surface area (Å²) in [7, 11) is 0. The first-order valence-electron chi connectivity index (χ1n) is 4.03. The van der Waals surface area contributed by atoms with Crippen LogP contribution in [-0.4, -0.2) is 16.2 Å². The number of aliphatic carboxylic acids is 1. The third-order valence-electron chi connectivity index (χ3n) is 1.94. The van der Waals surface area contributed by atoms with Crippen molar-refractivity contribution in [3.05, 3.63) is 29.3 Å². The Kier molecular flexibility index (Phi) is 3.06. The van der Waals surface area contributed by atoms with Gasteiger partial charge in [-0.1, -0.05) is 6.07 Å². The average Bonchev–Trinajstić information content (AvgIpc) is 2.16. The fourth-order valence-corrected chi connectivity index (χ4v) is 1.20. The number of carboxylic acid groups (broad SMARTS) is 1. The van der Waals surface area contributed by atoms with Gasteiger partial charge in [0.15, 0.2) is 0 Å². The second-order valence-electron chi connectivity index (χ2n) is 2.93. The highest BCUT2D eigenvalue weighted by Crippen LogP contribution is 2.19. The van der Waals surface area contributed by atoms with Crippen LogP contribution in [0.4, 0.5) is 5.69 Å². The Bertz CT molecular complexity index is 352. The Labute approximate surface area is 81.0 Å². The first-order valence-corrected chi connectivity index (χ1v) is 4.03. The van der Waals surface area contributed by atoms with E-state index in [2.05, 4.69) is 0 Å². The van der Waals surface area contributed by atoms with Crippen molar-refractivity contribution in [3.63, 3.8) is 0 Å². The van der Waals surface area contributed by atoms with Gasteiger partial charge in [0.25, 0.3) is 0 Å². The van der Waals surface area contributed by atoms with Crippen LogP contribution in [-0.2, 0) is 11.4 Å². The molecule has 0 saturated carbocycles. The van der Waals surface area contributed by atoms with Gasteiger partial charge < -0.3 is 21.7 Å². The molecule has 5 heteroatoms. The molecule has 0 unspecified atom stereocenters. The molecule has 1 aromatic rings. The number of anilines is 1. The topological polar surface area (TPSA) is 110 Å². The molecule has 5 nitrogen and oxygen atoms in total. The maximum absolute atomic E-state index is 10.6. The van der Waals surface area contributed by atoms with Gasteiger partial charge in [-0.2, -0.15) is 0 Å². The van der Waals surface area contributed by atoms with E-state index in [9.17, 15) is 4.79 Å². The fraction of sp³-hybridized carbons (Fsp3) is 0.222. The van der Waals surface area contributed by atoms with Gasteiger partial charge in [-0.25, -0.2) is 0 Å². The molecule has 0 fully saturated rings. The van der Waals surface area contributed by atoms with Crippen LogP contribution in [0.15, 0.2) is 18.2 Å². The number of rotatable bonds is 3. The summed E-state index contributed by atoms with van der Waals surface area (Å²) >= 11 is 0. The Morgan fingerprint density at radius 1 is 1.50 bits per heavy atom. The maximum atomic E-state index is 10.6. The van der Waals surface area contributed by atoms with Crippen molar-refractivity contribution in [2.45, 2.75) is 12.6 Å². The highest BCUT2D eigenvalue weighted by molar-refractivity contribution is 5.76. The summed E-state index contributed by atoms with van der Waals surface area (Å²) in [6, 6.07) is 3.45. The minimum absolute atomic E-state index is 0.276. The molecule has 0 saturated heterocycles. The molecule has 1 atom stereocenters. The van der Waals surface area contributed by atoms with E-state index in [1.165, 1.54) is 12.1 Å². The number of aliphatic hydroxyl groups is 1. The van der Waals surface area contributed by atoms with Crippen molar-refractivity contribution >= 4 is 11.7 Å². The summed E-state index contributed by atoms with van der Waals surface area (Å²) in [5.41, 5.74) is 12.2. The summed E-state index contributed by atoms with van der Waals surface area (Å²) in [4.78, 5) is 10.6. The molecule has 14 heavy (non-hydrogen) atoms. The minimum atomic E-state index is -1.13. The van der Waals surface area contributed by atoms with Crippen molar-refractivity contribution in [2.75, 3.05) is 5.73 Å². The van der Waals surface area contributed by atoms with Crippen molar-refractivity contribution in [3.8, 4) is 0 Å². The molecule has 0 heterocycles. The molecule has 1 rings (SSSR count). The Hall–Kier alpha value is -1.59. The summed E-state index contributed by atoms with van der Waals surface area (Å²) in [5.74, 6) is -1.13. The summed E-state index contributed by atoms with van der Waals surface area (Å²) < 4.78 is 0. The molecule has 0 aliphatic heterocycles. The molecule has 6 N–H and O–H groups in total. The highest BCUT2D eigenvalue weighted by Gasteiger charge is 2.17. The number of aliphatic hydroxyl groups excluding tert-OH is 1. The van der Waals surface area contributed by atoms with Gasteiger partial charge in [0.05, 0.1) is 6.61 Å². The lowest BCUT2D eigenvalue weighted by molar-refractivity contribution is -0.138. The van der Waals surface area contributed by atoms with Crippen molar-refractivity contribution < 1.29 is 15.0 Å². The van der Waals surface area contributed by atoms with Gasteiger partial charge in [0.1, 0.15) is 6.04 Å². The summed E-state index contributed by atoms with van der Waals surface area (Å²) in [6.45, 7) is -0.276. The van der Waals surface area contributed by atoms with E-state index in [1.807, 2.05) is 0 Å². The lowest BCUT2D eigenvalue weighted by Crippen LogP contribution is -2.22. The molecule has 0 spiro atoms. The van der Waals surface area contributed by atoms with E-state index in [0.717, 1.165) is 0 Å². The molecule has 0 bridgehead atoms. The van der Waals surface area contributed by atoms with E-state index in [-0.39, 0.29) is 6.61 Å². The first-order chi connectivity index (χ1) is 6.56. The zero-order valence-electron chi connectivity index (χ0n) is 7.47. The van der Waals surface area contributed by atoms with Crippen molar-refractivity contribution in [1.82, 2.24) is 0 Å². The standard InChI is InChI=1S/C9H12N2O3/c10-6-1-2-7(5(3-6)4-12)8(11)9(13)14/h1-3,8,12H,4,10-11H2,(H,13,14)/t8-/m0/s1. The van der Waals surface area contributed by atoms with Crippen LogP contribution in [0.2, 0.25) is 0 Å². The lowest BCUT2D eigenvalue weighted by atomic mass is 10.0. The molecule has 0 amide bonds. The number of carboxylic acids is 1. The average molecular weight is 196 g/mol. The Balaban J connectivity index is 3.13. The number of hydrogen-bond donors (Lipinski definition) is 4. The van der Waals surface area contributed by atoms with E-state index in [4.69, 9.17) is 21.7 Å².